The van der Waals surface area contributed by atoms with Gasteiger partial charge in [-0.1, -0.05) is 5.16 Å². The van der Waals surface area contributed by atoms with Gasteiger partial charge in [0.15, 0.2) is 5.76 Å². The lowest BCUT2D eigenvalue weighted by molar-refractivity contribution is 0.0961. The number of rotatable bonds is 7. The SMILES string of the molecule is Cc1noc(C)c1S(=O)(=O)NCCOCCO. The molecule has 1 aromatic rings. The van der Waals surface area contributed by atoms with Crippen molar-refractivity contribution < 1.29 is 22.8 Å². The molecule has 0 radical (unpaired) electrons. The van der Waals surface area contributed by atoms with Crippen molar-refractivity contribution >= 4 is 10.0 Å². The molecule has 0 fully saturated rings. The lowest BCUT2D eigenvalue weighted by Crippen LogP contribution is -2.28. The van der Waals surface area contributed by atoms with Crippen LogP contribution in [0, 0.1) is 13.8 Å². The summed E-state index contributed by atoms with van der Waals surface area (Å²) in [6.07, 6.45) is 0. The number of hydrogen-bond acceptors (Lipinski definition) is 6. The molecular formula is C9H16N2O5S. The summed E-state index contributed by atoms with van der Waals surface area (Å²) < 4.78 is 35.8. The molecule has 8 heteroatoms. The third kappa shape index (κ3) is 3.77. The minimum Gasteiger partial charge on any atom is -0.394 e. The molecule has 0 spiro atoms. The zero-order valence-corrected chi connectivity index (χ0v) is 10.6. The minimum atomic E-state index is -3.61. The quantitative estimate of drug-likeness (QED) is 0.648. The Morgan fingerprint density at radius 3 is 2.65 bits per heavy atom. The lowest BCUT2D eigenvalue weighted by atomic mass is 10.4. The van der Waals surface area contributed by atoms with Gasteiger partial charge in [-0.2, -0.15) is 0 Å². The molecule has 0 amide bonds. The van der Waals surface area contributed by atoms with Crippen LogP contribution in [0.1, 0.15) is 11.5 Å². The van der Waals surface area contributed by atoms with Gasteiger partial charge in [0.25, 0.3) is 0 Å². The minimum absolute atomic E-state index is 0.0691. The standard InChI is InChI=1S/C9H16N2O5S/c1-7-9(8(2)16-11-7)17(13,14)10-3-5-15-6-4-12/h10,12H,3-6H2,1-2H3. The van der Waals surface area contributed by atoms with Gasteiger partial charge >= 0.3 is 0 Å². The van der Waals surface area contributed by atoms with Crippen molar-refractivity contribution in [3.63, 3.8) is 0 Å². The molecule has 2 N–H and O–H groups in total. The summed E-state index contributed by atoms with van der Waals surface area (Å²) in [6, 6.07) is 0. The van der Waals surface area contributed by atoms with E-state index in [1.807, 2.05) is 0 Å². The molecule has 0 unspecified atom stereocenters. The number of sulfonamides is 1. The van der Waals surface area contributed by atoms with Crippen molar-refractivity contribution in [2.45, 2.75) is 18.7 Å². The molecule has 0 bridgehead atoms. The molecule has 17 heavy (non-hydrogen) atoms. The Balaban J connectivity index is 2.58. The Morgan fingerprint density at radius 2 is 2.12 bits per heavy atom. The molecule has 0 atom stereocenters. The van der Waals surface area contributed by atoms with Gasteiger partial charge in [0.05, 0.1) is 19.8 Å². The second-order valence-electron chi connectivity index (χ2n) is 3.39. The highest BCUT2D eigenvalue weighted by Gasteiger charge is 2.23. The van der Waals surface area contributed by atoms with E-state index in [-0.39, 0.29) is 37.0 Å². The third-order valence-corrected chi connectivity index (χ3v) is 3.72. The van der Waals surface area contributed by atoms with Crippen molar-refractivity contribution in [1.29, 1.82) is 0 Å². The van der Waals surface area contributed by atoms with E-state index in [9.17, 15) is 8.42 Å². The second kappa shape index (κ2) is 6.10. The molecule has 7 nitrogen and oxygen atoms in total. The summed E-state index contributed by atoms with van der Waals surface area (Å²) in [5.74, 6) is 0.256. The van der Waals surface area contributed by atoms with Crippen molar-refractivity contribution in [3.05, 3.63) is 11.5 Å². The molecule has 1 rings (SSSR count). The van der Waals surface area contributed by atoms with Crippen molar-refractivity contribution in [2.24, 2.45) is 0 Å². The Hall–Kier alpha value is -0.960. The van der Waals surface area contributed by atoms with Crippen LogP contribution >= 0.6 is 0 Å². The van der Waals surface area contributed by atoms with Crippen molar-refractivity contribution in [2.75, 3.05) is 26.4 Å². The molecule has 1 aromatic heterocycles. The van der Waals surface area contributed by atoms with Gasteiger partial charge in [-0.25, -0.2) is 13.1 Å². The summed E-state index contributed by atoms with van der Waals surface area (Å²) in [5.41, 5.74) is 0.325. The molecular weight excluding hydrogens is 248 g/mol. The van der Waals surface area contributed by atoms with Gasteiger partial charge in [-0.3, -0.25) is 0 Å². The number of aromatic nitrogens is 1. The van der Waals surface area contributed by atoms with Gasteiger partial charge in [0.1, 0.15) is 10.6 Å². The van der Waals surface area contributed by atoms with Crippen LogP contribution in [0.5, 0.6) is 0 Å². The number of hydrogen-bond donors (Lipinski definition) is 2. The highest BCUT2D eigenvalue weighted by molar-refractivity contribution is 7.89. The first kappa shape index (κ1) is 14.1. The Bertz CT molecular complexity index is 434. The van der Waals surface area contributed by atoms with Crippen LogP contribution in [-0.4, -0.2) is 45.0 Å². The average molecular weight is 264 g/mol. The number of aliphatic hydroxyl groups is 1. The van der Waals surface area contributed by atoms with E-state index in [4.69, 9.17) is 14.4 Å². The number of aryl methyl sites for hydroxylation is 2. The van der Waals surface area contributed by atoms with E-state index in [1.54, 1.807) is 6.92 Å². The van der Waals surface area contributed by atoms with Crippen LogP contribution < -0.4 is 4.72 Å². The Kier molecular flexibility index (Phi) is 5.06. The summed E-state index contributed by atoms with van der Waals surface area (Å²) >= 11 is 0. The van der Waals surface area contributed by atoms with Crippen LogP contribution in [0.2, 0.25) is 0 Å². The monoisotopic (exact) mass is 264 g/mol. The van der Waals surface area contributed by atoms with Crippen LogP contribution in [0.25, 0.3) is 0 Å². The van der Waals surface area contributed by atoms with Crippen molar-refractivity contribution in [3.8, 4) is 0 Å². The van der Waals surface area contributed by atoms with Gasteiger partial charge in [-0.15, -0.1) is 0 Å². The van der Waals surface area contributed by atoms with Crippen molar-refractivity contribution in [1.82, 2.24) is 9.88 Å². The van der Waals surface area contributed by atoms with Crippen LogP contribution in [0.15, 0.2) is 9.42 Å². The highest BCUT2D eigenvalue weighted by atomic mass is 32.2. The van der Waals surface area contributed by atoms with E-state index < -0.39 is 10.0 Å². The Labute approximate surface area is 99.8 Å². The fourth-order valence-electron chi connectivity index (χ4n) is 1.35. The topological polar surface area (TPSA) is 102 Å². The average Bonchev–Trinajstić information content (AvgIpc) is 2.58. The third-order valence-electron chi connectivity index (χ3n) is 2.01. The molecule has 0 aliphatic heterocycles. The van der Waals surface area contributed by atoms with E-state index >= 15 is 0 Å². The largest absolute Gasteiger partial charge is 0.394 e. The summed E-state index contributed by atoms with van der Waals surface area (Å²) in [6.45, 7) is 3.53. The first-order chi connectivity index (χ1) is 7.99. The first-order valence-corrected chi connectivity index (χ1v) is 6.58. The molecule has 98 valence electrons. The van der Waals surface area contributed by atoms with E-state index in [2.05, 4.69) is 9.88 Å². The molecule has 0 aromatic carbocycles. The van der Waals surface area contributed by atoms with Crippen LogP contribution in [0.3, 0.4) is 0 Å². The predicted octanol–water partition coefficient (Wildman–Crippen LogP) is -0.421. The van der Waals surface area contributed by atoms with E-state index in [0.717, 1.165) is 0 Å². The number of aliphatic hydroxyl groups excluding tert-OH is 1. The van der Waals surface area contributed by atoms with E-state index in [0.29, 0.717) is 5.69 Å². The number of nitrogens with one attached hydrogen (secondary N) is 1. The summed E-state index contributed by atoms with van der Waals surface area (Å²) in [7, 11) is -3.61. The van der Waals surface area contributed by atoms with Gasteiger partial charge in [0, 0.05) is 6.54 Å². The maximum atomic E-state index is 11.9. The molecule has 1 heterocycles. The Morgan fingerprint density at radius 1 is 1.41 bits per heavy atom. The number of nitrogens with zero attached hydrogens (tertiary/aromatic N) is 1. The second-order valence-corrected chi connectivity index (χ2v) is 5.09. The highest BCUT2D eigenvalue weighted by Crippen LogP contribution is 2.18. The smallest absolute Gasteiger partial charge is 0.246 e. The number of ether oxygens (including phenoxy) is 1. The fraction of sp³-hybridized carbons (Fsp3) is 0.667. The predicted molar refractivity (Wildman–Crippen MR) is 59.1 cm³/mol. The first-order valence-electron chi connectivity index (χ1n) is 5.10. The normalized spacial score (nSPS) is 11.9. The van der Waals surface area contributed by atoms with Gasteiger partial charge in [-0.05, 0) is 13.8 Å². The molecule has 0 saturated carbocycles. The van der Waals surface area contributed by atoms with Crippen LogP contribution in [-0.2, 0) is 14.8 Å². The lowest BCUT2D eigenvalue weighted by Gasteiger charge is -2.06. The summed E-state index contributed by atoms with van der Waals surface area (Å²) in [5, 5.41) is 12.0. The maximum absolute atomic E-state index is 11.9. The van der Waals surface area contributed by atoms with Crippen LogP contribution in [0.4, 0.5) is 0 Å². The van der Waals surface area contributed by atoms with Gasteiger partial charge in [0.2, 0.25) is 10.0 Å². The summed E-state index contributed by atoms with van der Waals surface area (Å²) in [4.78, 5) is 0.0691. The van der Waals surface area contributed by atoms with E-state index in [1.165, 1.54) is 6.92 Å². The maximum Gasteiger partial charge on any atom is 0.246 e. The zero-order chi connectivity index (χ0) is 12.9. The molecule has 0 aliphatic carbocycles. The fourth-order valence-corrected chi connectivity index (χ4v) is 2.68. The molecule has 0 aliphatic rings. The van der Waals surface area contributed by atoms with Gasteiger partial charge < -0.3 is 14.4 Å². The zero-order valence-electron chi connectivity index (χ0n) is 9.76. The molecule has 0 saturated heterocycles.